The van der Waals surface area contributed by atoms with Crippen molar-refractivity contribution in [3.63, 3.8) is 0 Å². The van der Waals surface area contributed by atoms with Gasteiger partial charge in [-0.05, 0) is 36.5 Å². The average Bonchev–Trinajstić information content (AvgIpc) is 3.49. The molecule has 38 heavy (non-hydrogen) atoms. The molecule has 4 aromatic rings. The number of primary amides is 1. The molecule has 0 saturated heterocycles. The molecule has 3 aromatic heterocycles. The van der Waals surface area contributed by atoms with Crippen molar-refractivity contribution >= 4 is 45.7 Å². The van der Waals surface area contributed by atoms with Crippen LogP contribution in [0.2, 0.25) is 0 Å². The van der Waals surface area contributed by atoms with Gasteiger partial charge in [-0.15, -0.1) is 22.7 Å². The summed E-state index contributed by atoms with van der Waals surface area (Å²) in [5.74, 6) is -0.00977. The minimum atomic E-state index is -2.97. The third kappa shape index (κ3) is 5.44. The zero-order valence-electron chi connectivity index (χ0n) is 21.2. The van der Waals surface area contributed by atoms with E-state index < -0.39 is 12.5 Å². The van der Waals surface area contributed by atoms with Gasteiger partial charge in [0.25, 0.3) is 5.91 Å². The van der Waals surface area contributed by atoms with Gasteiger partial charge in [0.1, 0.15) is 16.4 Å². The van der Waals surface area contributed by atoms with Crippen LogP contribution in [-0.4, -0.2) is 33.5 Å². The normalized spacial score (nSPS) is 14.5. The first-order chi connectivity index (χ1) is 18.1. The van der Waals surface area contributed by atoms with Crippen LogP contribution in [0.3, 0.4) is 0 Å². The molecular formula is C27H28F2N4O3S2. The van der Waals surface area contributed by atoms with E-state index in [9.17, 15) is 13.6 Å². The van der Waals surface area contributed by atoms with Crippen LogP contribution in [0.1, 0.15) is 72.6 Å². The van der Waals surface area contributed by atoms with Gasteiger partial charge in [-0.2, -0.15) is 8.78 Å². The minimum Gasteiger partial charge on any atom is -0.489 e. The summed E-state index contributed by atoms with van der Waals surface area (Å²) in [7, 11) is 0. The molecule has 1 saturated carbocycles. The van der Waals surface area contributed by atoms with Gasteiger partial charge in [0.15, 0.2) is 16.5 Å². The average molecular weight is 559 g/mol. The van der Waals surface area contributed by atoms with Crippen LogP contribution >= 0.6 is 22.7 Å². The van der Waals surface area contributed by atoms with Crippen LogP contribution in [0, 0.1) is 5.41 Å². The quantitative estimate of drug-likeness (QED) is 0.237. The Morgan fingerprint density at radius 3 is 2.71 bits per heavy atom. The van der Waals surface area contributed by atoms with E-state index in [0.29, 0.717) is 39.4 Å². The fraction of sp³-hybridized carbons (Fsp3) is 0.370. The van der Waals surface area contributed by atoms with E-state index in [2.05, 4.69) is 4.98 Å². The third-order valence-electron chi connectivity index (χ3n) is 6.16. The molecule has 0 bridgehead atoms. The number of hydrogen-bond acceptors (Lipinski definition) is 7. The highest BCUT2D eigenvalue weighted by molar-refractivity contribution is 7.16. The number of nitrogens with zero attached hydrogens (tertiary/aromatic N) is 3. The predicted octanol–water partition coefficient (Wildman–Crippen LogP) is 7.08. The van der Waals surface area contributed by atoms with Gasteiger partial charge in [0.05, 0.1) is 17.2 Å². The number of fused-ring (bicyclic) bond motifs is 1. The van der Waals surface area contributed by atoms with E-state index in [0.717, 1.165) is 29.8 Å². The van der Waals surface area contributed by atoms with Gasteiger partial charge >= 0.3 is 6.61 Å². The molecule has 3 heterocycles. The maximum absolute atomic E-state index is 13.1. The van der Waals surface area contributed by atoms with E-state index in [1.54, 1.807) is 22.7 Å². The lowest BCUT2D eigenvalue weighted by Crippen LogP contribution is -2.18. The third-order valence-corrected chi connectivity index (χ3v) is 7.96. The van der Waals surface area contributed by atoms with Gasteiger partial charge in [-0.1, -0.05) is 39.3 Å². The molecule has 11 heteroatoms. The maximum atomic E-state index is 13.1. The van der Waals surface area contributed by atoms with E-state index in [4.69, 9.17) is 20.2 Å². The minimum absolute atomic E-state index is 0.0141. The molecule has 1 fully saturated rings. The monoisotopic (exact) mass is 558 g/mol. The number of imidazole rings is 1. The molecule has 0 radical (unpaired) electrons. The van der Waals surface area contributed by atoms with Crippen molar-refractivity contribution in [1.29, 1.82) is 0 Å². The summed E-state index contributed by atoms with van der Waals surface area (Å²) in [5.41, 5.74) is 7.86. The molecule has 7 nitrogen and oxygen atoms in total. The molecule has 1 aliphatic rings. The second-order valence-electron chi connectivity index (χ2n) is 10.4. The van der Waals surface area contributed by atoms with Crippen LogP contribution < -0.4 is 15.2 Å². The van der Waals surface area contributed by atoms with Crippen LogP contribution in [0.15, 0.2) is 29.8 Å². The largest absolute Gasteiger partial charge is 0.489 e. The summed E-state index contributed by atoms with van der Waals surface area (Å²) < 4.78 is 38.7. The second kappa shape index (κ2) is 10.5. The molecule has 0 unspecified atom stereocenters. The molecule has 1 aliphatic carbocycles. The van der Waals surface area contributed by atoms with E-state index in [1.807, 2.05) is 38.3 Å². The van der Waals surface area contributed by atoms with Gasteiger partial charge in [-0.3, -0.25) is 9.20 Å². The van der Waals surface area contributed by atoms with E-state index in [1.165, 1.54) is 28.7 Å². The molecule has 1 amide bonds. The standard InChI is InChI=1S/C27H28F2N4O3S2/c1-27(2,3)14-35-22-16(8-5-9-17(22)36-25(28)29)10-11-18-19(15-6-4-7-15)31-24(38-18)20-21(23(30)34)33-12-13-37-26(33)32-20/h5,8-13,15,25H,4,6-7,14H2,1-3H3,(H2,30,34). The highest BCUT2D eigenvalue weighted by Gasteiger charge is 2.28. The fourth-order valence-electron chi connectivity index (χ4n) is 4.17. The Kier molecular flexibility index (Phi) is 7.23. The van der Waals surface area contributed by atoms with Crippen molar-refractivity contribution in [2.45, 2.75) is 52.6 Å². The Hall–Kier alpha value is -3.31. The highest BCUT2D eigenvalue weighted by Crippen LogP contribution is 2.43. The maximum Gasteiger partial charge on any atom is 0.387 e. The molecule has 0 atom stereocenters. The van der Waals surface area contributed by atoms with Crippen molar-refractivity contribution in [3.8, 4) is 22.2 Å². The number of carbonyl (C=O) groups is 1. The number of hydrogen-bond donors (Lipinski definition) is 1. The van der Waals surface area contributed by atoms with Gasteiger partial charge in [0.2, 0.25) is 0 Å². The van der Waals surface area contributed by atoms with Gasteiger partial charge in [0, 0.05) is 23.1 Å². The zero-order valence-corrected chi connectivity index (χ0v) is 22.9. The van der Waals surface area contributed by atoms with Crippen molar-refractivity contribution in [2.75, 3.05) is 6.61 Å². The molecule has 0 spiro atoms. The summed E-state index contributed by atoms with van der Waals surface area (Å²) in [6.07, 6.45) is 8.71. The summed E-state index contributed by atoms with van der Waals surface area (Å²) in [4.78, 5) is 23.4. The smallest absolute Gasteiger partial charge is 0.387 e. The number of benzene rings is 1. The Morgan fingerprint density at radius 2 is 2.05 bits per heavy atom. The number of amides is 1. The van der Waals surface area contributed by atoms with Gasteiger partial charge in [-0.25, -0.2) is 9.97 Å². The molecule has 2 N–H and O–H groups in total. The summed E-state index contributed by atoms with van der Waals surface area (Å²) in [6, 6.07) is 4.93. The van der Waals surface area contributed by atoms with Crippen LogP contribution in [0.4, 0.5) is 8.78 Å². The Bertz CT molecular complexity index is 1500. The summed E-state index contributed by atoms with van der Waals surface area (Å²) >= 11 is 2.84. The molecule has 0 aliphatic heterocycles. The highest BCUT2D eigenvalue weighted by atomic mass is 32.1. The molecule has 200 valence electrons. The number of ether oxygens (including phenoxy) is 2. The second-order valence-corrected chi connectivity index (χ2v) is 12.3. The van der Waals surface area contributed by atoms with Crippen LogP contribution in [0.5, 0.6) is 11.5 Å². The SMILES string of the molecule is CC(C)(C)COc1c(C=Cc2sc(-c3nc4sccn4c3C(N)=O)nc2C2CCC2)cccc1OC(F)F. The lowest BCUT2D eigenvalue weighted by atomic mass is 9.82. The van der Waals surface area contributed by atoms with Crippen molar-refractivity contribution in [3.05, 3.63) is 51.6 Å². The number of nitrogens with two attached hydrogens (primary N) is 1. The molecule has 1 aromatic carbocycles. The number of para-hydroxylation sites is 1. The first-order valence-electron chi connectivity index (χ1n) is 12.3. The summed E-state index contributed by atoms with van der Waals surface area (Å²) in [5, 5.41) is 2.47. The lowest BCUT2D eigenvalue weighted by Gasteiger charge is -2.24. The Morgan fingerprint density at radius 1 is 1.26 bits per heavy atom. The van der Waals surface area contributed by atoms with E-state index >= 15 is 0 Å². The van der Waals surface area contributed by atoms with Crippen molar-refractivity contribution < 1.29 is 23.0 Å². The van der Waals surface area contributed by atoms with Crippen molar-refractivity contribution in [2.24, 2.45) is 11.1 Å². The van der Waals surface area contributed by atoms with Gasteiger partial charge < -0.3 is 15.2 Å². The lowest BCUT2D eigenvalue weighted by molar-refractivity contribution is -0.0517. The first kappa shape index (κ1) is 26.3. The number of alkyl halides is 2. The zero-order chi connectivity index (χ0) is 27.0. The Labute approximate surface area is 226 Å². The summed E-state index contributed by atoms with van der Waals surface area (Å²) in [6.45, 7) is 3.36. The van der Waals surface area contributed by atoms with Crippen LogP contribution in [-0.2, 0) is 0 Å². The molecular weight excluding hydrogens is 530 g/mol. The van der Waals surface area contributed by atoms with Crippen LogP contribution in [0.25, 0.3) is 27.8 Å². The first-order valence-corrected chi connectivity index (χ1v) is 14.0. The molecule has 5 rings (SSSR count). The number of halogens is 2. The number of aromatic nitrogens is 3. The Balaban J connectivity index is 1.55. The topological polar surface area (TPSA) is 91.7 Å². The fourth-order valence-corrected chi connectivity index (χ4v) is 5.93. The predicted molar refractivity (Wildman–Crippen MR) is 146 cm³/mol. The number of rotatable bonds is 9. The number of carbonyl (C=O) groups excluding carboxylic acids is 1. The van der Waals surface area contributed by atoms with E-state index in [-0.39, 0.29) is 16.9 Å². The number of thiazole rings is 2. The van der Waals surface area contributed by atoms with Crippen molar-refractivity contribution in [1.82, 2.24) is 14.4 Å².